The SMILES string of the molecule is Oc1cccc(C23C=CC=CC2O3)c1O. The van der Waals surface area contributed by atoms with Crippen LogP contribution in [0.3, 0.4) is 0 Å². The first kappa shape index (κ1) is 8.56. The summed E-state index contributed by atoms with van der Waals surface area (Å²) in [4.78, 5) is 0. The van der Waals surface area contributed by atoms with Crippen molar-refractivity contribution in [3.63, 3.8) is 0 Å². The standard InChI is InChI=1S/C12H10O3/c13-9-5-3-4-8(11(9)14)12-7-2-1-6-10(12)15-12/h1-7,10,13-14H. The highest BCUT2D eigenvalue weighted by Gasteiger charge is 2.56. The van der Waals surface area contributed by atoms with E-state index < -0.39 is 5.60 Å². The zero-order chi connectivity index (χ0) is 10.5. The highest BCUT2D eigenvalue weighted by Crippen LogP contribution is 2.53. The Labute approximate surface area is 86.9 Å². The Bertz CT molecular complexity index is 476. The molecule has 1 aliphatic heterocycles. The van der Waals surface area contributed by atoms with Gasteiger partial charge in [0.25, 0.3) is 0 Å². The van der Waals surface area contributed by atoms with Gasteiger partial charge in [0.15, 0.2) is 11.5 Å². The summed E-state index contributed by atoms with van der Waals surface area (Å²) in [6, 6.07) is 4.91. The minimum atomic E-state index is -0.558. The maximum absolute atomic E-state index is 9.75. The van der Waals surface area contributed by atoms with E-state index in [1.165, 1.54) is 6.07 Å². The molecular formula is C12H10O3. The van der Waals surface area contributed by atoms with E-state index in [2.05, 4.69) is 0 Å². The summed E-state index contributed by atoms with van der Waals surface area (Å²) in [5.41, 5.74) is 0.0606. The first-order valence-electron chi connectivity index (χ1n) is 4.79. The van der Waals surface area contributed by atoms with E-state index in [9.17, 15) is 10.2 Å². The van der Waals surface area contributed by atoms with Crippen molar-refractivity contribution in [1.29, 1.82) is 0 Å². The molecule has 1 heterocycles. The van der Waals surface area contributed by atoms with Crippen LogP contribution < -0.4 is 0 Å². The molecule has 0 spiro atoms. The molecule has 0 bridgehead atoms. The number of epoxide rings is 1. The van der Waals surface area contributed by atoms with Crippen molar-refractivity contribution in [2.45, 2.75) is 11.7 Å². The van der Waals surface area contributed by atoms with Crippen molar-refractivity contribution in [3.8, 4) is 11.5 Å². The molecule has 15 heavy (non-hydrogen) atoms. The molecule has 3 heteroatoms. The number of phenolic OH excluding ortho intramolecular Hbond substituents is 2. The molecule has 76 valence electrons. The summed E-state index contributed by atoms with van der Waals surface area (Å²) < 4.78 is 5.54. The van der Waals surface area contributed by atoms with Gasteiger partial charge < -0.3 is 14.9 Å². The average Bonchev–Trinajstić information content (AvgIpc) is 2.97. The molecule has 0 aromatic heterocycles. The van der Waals surface area contributed by atoms with Gasteiger partial charge in [-0.1, -0.05) is 30.4 Å². The number of fused-ring (bicyclic) bond motifs is 1. The smallest absolute Gasteiger partial charge is 0.164 e. The van der Waals surface area contributed by atoms with Crippen LogP contribution in [0, 0.1) is 0 Å². The highest BCUT2D eigenvalue weighted by molar-refractivity contribution is 5.53. The molecule has 2 atom stereocenters. The van der Waals surface area contributed by atoms with Crippen LogP contribution in [0.1, 0.15) is 5.56 Å². The quantitative estimate of drug-likeness (QED) is 0.539. The van der Waals surface area contributed by atoms with Gasteiger partial charge in [-0.15, -0.1) is 0 Å². The van der Waals surface area contributed by atoms with Crippen LogP contribution in [-0.2, 0) is 10.3 Å². The van der Waals surface area contributed by atoms with Gasteiger partial charge in [0, 0.05) is 5.56 Å². The van der Waals surface area contributed by atoms with E-state index in [1.807, 2.05) is 24.3 Å². The number of benzene rings is 1. The third-order valence-corrected chi connectivity index (χ3v) is 2.86. The van der Waals surface area contributed by atoms with Gasteiger partial charge in [0.05, 0.1) is 0 Å². The van der Waals surface area contributed by atoms with Crippen molar-refractivity contribution in [2.24, 2.45) is 0 Å². The summed E-state index contributed by atoms with van der Waals surface area (Å²) in [7, 11) is 0. The number of ether oxygens (including phenoxy) is 1. The Balaban J connectivity index is 2.12. The topological polar surface area (TPSA) is 53.0 Å². The summed E-state index contributed by atoms with van der Waals surface area (Å²) in [5.74, 6) is -0.209. The largest absolute Gasteiger partial charge is 0.504 e. The van der Waals surface area contributed by atoms with Crippen LogP contribution in [0.25, 0.3) is 0 Å². The number of hydrogen-bond acceptors (Lipinski definition) is 3. The average molecular weight is 202 g/mol. The minimum absolute atomic E-state index is 0.0183. The number of rotatable bonds is 1. The molecule has 1 aromatic rings. The Morgan fingerprint density at radius 3 is 2.87 bits per heavy atom. The maximum atomic E-state index is 9.75. The third kappa shape index (κ3) is 1.04. The molecule has 1 saturated heterocycles. The lowest BCUT2D eigenvalue weighted by molar-refractivity contribution is 0.331. The molecule has 0 saturated carbocycles. The molecular weight excluding hydrogens is 192 g/mol. The van der Waals surface area contributed by atoms with Gasteiger partial charge in [0.1, 0.15) is 11.7 Å². The molecule has 1 fully saturated rings. The lowest BCUT2D eigenvalue weighted by Crippen LogP contribution is -2.10. The van der Waals surface area contributed by atoms with Crippen LogP contribution in [0.4, 0.5) is 0 Å². The minimum Gasteiger partial charge on any atom is -0.504 e. The Kier molecular flexibility index (Phi) is 1.51. The van der Waals surface area contributed by atoms with Crippen molar-refractivity contribution in [1.82, 2.24) is 0 Å². The van der Waals surface area contributed by atoms with Gasteiger partial charge in [-0.25, -0.2) is 0 Å². The zero-order valence-electron chi connectivity index (χ0n) is 7.92. The summed E-state index contributed by atoms with van der Waals surface area (Å²) in [6.07, 6.45) is 7.61. The van der Waals surface area contributed by atoms with Crippen LogP contribution in [0.5, 0.6) is 11.5 Å². The Hall–Kier alpha value is -1.74. The molecule has 2 N–H and O–H groups in total. The van der Waals surface area contributed by atoms with Crippen molar-refractivity contribution < 1.29 is 14.9 Å². The van der Waals surface area contributed by atoms with E-state index in [1.54, 1.807) is 12.1 Å². The molecule has 2 unspecified atom stereocenters. The van der Waals surface area contributed by atoms with Crippen molar-refractivity contribution >= 4 is 0 Å². The molecule has 1 aromatic carbocycles. The lowest BCUT2D eigenvalue weighted by atomic mass is 9.91. The number of hydrogen-bond donors (Lipinski definition) is 2. The van der Waals surface area contributed by atoms with E-state index in [4.69, 9.17) is 4.74 Å². The summed E-state index contributed by atoms with van der Waals surface area (Å²) >= 11 is 0. The van der Waals surface area contributed by atoms with E-state index >= 15 is 0 Å². The lowest BCUT2D eigenvalue weighted by Gasteiger charge is -2.12. The van der Waals surface area contributed by atoms with Gasteiger partial charge in [-0.3, -0.25) is 0 Å². The predicted octanol–water partition coefficient (Wildman–Crippen LogP) is 1.82. The molecule has 2 aliphatic rings. The van der Waals surface area contributed by atoms with Crippen LogP contribution in [0.15, 0.2) is 42.5 Å². The van der Waals surface area contributed by atoms with Crippen molar-refractivity contribution in [2.75, 3.05) is 0 Å². The Morgan fingerprint density at radius 2 is 2.07 bits per heavy atom. The second-order valence-corrected chi connectivity index (χ2v) is 3.75. The number of aromatic hydroxyl groups is 2. The van der Waals surface area contributed by atoms with Gasteiger partial charge in [-0.2, -0.15) is 0 Å². The first-order chi connectivity index (χ1) is 7.24. The second-order valence-electron chi connectivity index (χ2n) is 3.75. The van der Waals surface area contributed by atoms with Crippen LogP contribution in [0.2, 0.25) is 0 Å². The zero-order valence-corrected chi connectivity index (χ0v) is 7.92. The summed E-state index contributed by atoms with van der Waals surface area (Å²) in [5, 5.41) is 19.2. The van der Waals surface area contributed by atoms with Gasteiger partial charge >= 0.3 is 0 Å². The number of phenols is 2. The second kappa shape index (κ2) is 2.64. The van der Waals surface area contributed by atoms with E-state index in [0.29, 0.717) is 5.56 Å². The molecule has 3 rings (SSSR count). The van der Waals surface area contributed by atoms with Crippen LogP contribution >= 0.6 is 0 Å². The normalized spacial score (nSPS) is 31.3. The fourth-order valence-corrected chi connectivity index (χ4v) is 2.01. The van der Waals surface area contributed by atoms with Gasteiger partial charge in [0.2, 0.25) is 0 Å². The first-order valence-corrected chi connectivity index (χ1v) is 4.79. The van der Waals surface area contributed by atoms with Crippen LogP contribution in [-0.4, -0.2) is 16.3 Å². The maximum Gasteiger partial charge on any atom is 0.164 e. The predicted molar refractivity (Wildman–Crippen MR) is 54.6 cm³/mol. The van der Waals surface area contributed by atoms with E-state index in [0.717, 1.165) is 0 Å². The van der Waals surface area contributed by atoms with E-state index in [-0.39, 0.29) is 17.6 Å². The monoisotopic (exact) mass is 202 g/mol. The number of allylic oxidation sites excluding steroid dienone is 2. The number of para-hydroxylation sites is 1. The fraction of sp³-hybridized carbons (Fsp3) is 0.167. The fourth-order valence-electron chi connectivity index (χ4n) is 2.01. The molecule has 3 nitrogen and oxygen atoms in total. The molecule has 1 aliphatic carbocycles. The Morgan fingerprint density at radius 1 is 1.20 bits per heavy atom. The molecule has 0 radical (unpaired) electrons. The summed E-state index contributed by atoms with van der Waals surface area (Å²) in [6.45, 7) is 0. The van der Waals surface area contributed by atoms with Crippen molar-refractivity contribution in [3.05, 3.63) is 48.1 Å². The highest BCUT2D eigenvalue weighted by atomic mass is 16.6. The third-order valence-electron chi connectivity index (χ3n) is 2.86. The molecule has 0 amide bonds. The van der Waals surface area contributed by atoms with Gasteiger partial charge in [-0.05, 0) is 12.1 Å².